The first kappa shape index (κ1) is 7.98. The van der Waals surface area contributed by atoms with Crippen LogP contribution in [0.1, 0.15) is 12.8 Å². The number of carbonyl (C=O) groups is 2. The smallest absolute Gasteiger partial charge is 0.224 e. The summed E-state index contributed by atoms with van der Waals surface area (Å²) in [5.41, 5.74) is 0. The summed E-state index contributed by atoms with van der Waals surface area (Å²) in [4.78, 5) is 21.5. The Morgan fingerprint density at radius 1 is 1.73 bits per heavy atom. The van der Waals surface area contributed by atoms with Crippen LogP contribution in [0.15, 0.2) is 12.7 Å². The molecule has 11 heavy (non-hydrogen) atoms. The topological polar surface area (TPSA) is 46.2 Å². The maximum absolute atomic E-state index is 11.0. The molecule has 0 atom stereocenters. The molecule has 0 aromatic heterocycles. The molecule has 0 radical (unpaired) electrons. The summed E-state index contributed by atoms with van der Waals surface area (Å²) < 4.78 is 0. The standard InChI is InChI=1S/C8H11NO2/c1-2-3-9-8(11)6-4-7(10)5-6/h2,6H,1,3-5H2,(H,9,11). The van der Waals surface area contributed by atoms with E-state index in [-0.39, 0.29) is 17.6 Å². The van der Waals surface area contributed by atoms with Crippen molar-refractivity contribution in [3.63, 3.8) is 0 Å². The quantitative estimate of drug-likeness (QED) is 0.591. The molecule has 1 rings (SSSR count). The minimum atomic E-state index is -0.0672. The summed E-state index contributed by atoms with van der Waals surface area (Å²) in [7, 11) is 0. The Balaban J connectivity index is 2.21. The number of nitrogens with one attached hydrogen (secondary N) is 1. The fraction of sp³-hybridized carbons (Fsp3) is 0.500. The molecule has 0 spiro atoms. The molecule has 1 aliphatic rings. The van der Waals surface area contributed by atoms with E-state index in [4.69, 9.17) is 0 Å². The van der Waals surface area contributed by atoms with Gasteiger partial charge in [0.2, 0.25) is 5.91 Å². The van der Waals surface area contributed by atoms with Crippen LogP contribution in [0.25, 0.3) is 0 Å². The molecule has 0 saturated heterocycles. The third-order valence-electron chi connectivity index (χ3n) is 1.74. The van der Waals surface area contributed by atoms with Crippen LogP contribution < -0.4 is 5.32 Å². The second-order valence-electron chi connectivity index (χ2n) is 2.68. The van der Waals surface area contributed by atoms with Crippen molar-refractivity contribution in [2.45, 2.75) is 12.8 Å². The van der Waals surface area contributed by atoms with E-state index in [1.165, 1.54) is 0 Å². The van der Waals surface area contributed by atoms with Crippen molar-refractivity contribution in [2.24, 2.45) is 5.92 Å². The van der Waals surface area contributed by atoms with Gasteiger partial charge in [0, 0.05) is 19.4 Å². The zero-order chi connectivity index (χ0) is 8.27. The fourth-order valence-electron chi connectivity index (χ4n) is 0.992. The number of Topliss-reactive ketones (excluding diaryl/α,β-unsaturated/α-hetero) is 1. The minimum Gasteiger partial charge on any atom is -0.352 e. The highest BCUT2D eigenvalue weighted by molar-refractivity contribution is 5.96. The highest BCUT2D eigenvalue weighted by atomic mass is 16.2. The minimum absolute atomic E-state index is 0.0236. The Hall–Kier alpha value is -1.12. The second kappa shape index (κ2) is 3.32. The van der Waals surface area contributed by atoms with Crippen LogP contribution in [0.2, 0.25) is 0 Å². The van der Waals surface area contributed by atoms with Gasteiger partial charge < -0.3 is 5.32 Å². The highest BCUT2D eigenvalue weighted by Crippen LogP contribution is 2.22. The number of ketones is 1. The average molecular weight is 153 g/mol. The third-order valence-corrected chi connectivity index (χ3v) is 1.74. The SMILES string of the molecule is C=CCNC(=O)C1CC(=O)C1. The number of amides is 1. The van der Waals surface area contributed by atoms with Crippen molar-refractivity contribution < 1.29 is 9.59 Å². The van der Waals surface area contributed by atoms with Gasteiger partial charge >= 0.3 is 0 Å². The maximum atomic E-state index is 11.0. The van der Waals surface area contributed by atoms with Gasteiger partial charge in [-0.15, -0.1) is 6.58 Å². The predicted octanol–water partition coefficient (Wildman–Crippen LogP) is 0.268. The number of rotatable bonds is 3. The summed E-state index contributed by atoms with van der Waals surface area (Å²) in [6, 6.07) is 0. The van der Waals surface area contributed by atoms with Gasteiger partial charge in [-0.05, 0) is 0 Å². The molecule has 0 aromatic carbocycles. The van der Waals surface area contributed by atoms with Gasteiger partial charge in [0.1, 0.15) is 5.78 Å². The van der Waals surface area contributed by atoms with Crippen molar-refractivity contribution in [2.75, 3.05) is 6.54 Å². The van der Waals surface area contributed by atoms with Crippen LogP contribution in [0.4, 0.5) is 0 Å². The van der Waals surface area contributed by atoms with Gasteiger partial charge in [-0.2, -0.15) is 0 Å². The lowest BCUT2D eigenvalue weighted by Gasteiger charge is -2.22. The lowest BCUT2D eigenvalue weighted by atomic mass is 9.83. The zero-order valence-electron chi connectivity index (χ0n) is 6.30. The van der Waals surface area contributed by atoms with Gasteiger partial charge in [-0.3, -0.25) is 9.59 Å². The van der Waals surface area contributed by atoms with Crippen LogP contribution in [-0.2, 0) is 9.59 Å². The van der Waals surface area contributed by atoms with Gasteiger partial charge in [-0.1, -0.05) is 6.08 Å². The molecule has 1 aliphatic carbocycles. The third kappa shape index (κ3) is 1.90. The normalized spacial score (nSPS) is 17.3. The monoisotopic (exact) mass is 153 g/mol. The summed E-state index contributed by atoms with van der Waals surface area (Å²) in [5, 5.41) is 2.65. The Labute approximate surface area is 65.5 Å². The molecule has 0 heterocycles. The van der Waals surface area contributed by atoms with Gasteiger partial charge in [0.15, 0.2) is 0 Å². The van der Waals surface area contributed by atoms with E-state index in [0.717, 1.165) is 0 Å². The van der Waals surface area contributed by atoms with E-state index in [1.807, 2.05) is 0 Å². The molecule has 0 aromatic rings. The molecule has 1 fully saturated rings. The lowest BCUT2D eigenvalue weighted by Crippen LogP contribution is -2.38. The molecule has 60 valence electrons. The summed E-state index contributed by atoms with van der Waals surface area (Å²) in [6.45, 7) is 3.96. The Kier molecular flexibility index (Phi) is 2.41. The van der Waals surface area contributed by atoms with Crippen LogP contribution in [0, 0.1) is 5.92 Å². The largest absolute Gasteiger partial charge is 0.352 e. The molecule has 1 N–H and O–H groups in total. The van der Waals surface area contributed by atoms with Crippen LogP contribution in [-0.4, -0.2) is 18.2 Å². The molecule has 0 aliphatic heterocycles. The summed E-state index contributed by atoms with van der Waals surface area (Å²) >= 11 is 0. The summed E-state index contributed by atoms with van der Waals surface area (Å²) in [5.74, 6) is 0.0932. The van der Waals surface area contributed by atoms with Crippen LogP contribution in [0.3, 0.4) is 0 Å². The number of carbonyl (C=O) groups excluding carboxylic acids is 2. The molecule has 0 bridgehead atoms. The predicted molar refractivity (Wildman–Crippen MR) is 40.9 cm³/mol. The number of hydrogen-bond acceptors (Lipinski definition) is 2. The molecule has 0 unspecified atom stereocenters. The van der Waals surface area contributed by atoms with E-state index in [1.54, 1.807) is 6.08 Å². The van der Waals surface area contributed by atoms with Crippen molar-refractivity contribution in [1.82, 2.24) is 5.32 Å². The Morgan fingerprint density at radius 3 is 2.82 bits per heavy atom. The molecule has 3 heteroatoms. The first-order valence-electron chi connectivity index (χ1n) is 3.64. The van der Waals surface area contributed by atoms with Crippen LogP contribution >= 0.6 is 0 Å². The first-order chi connectivity index (χ1) is 5.24. The van der Waals surface area contributed by atoms with Crippen molar-refractivity contribution >= 4 is 11.7 Å². The molecule has 1 saturated carbocycles. The van der Waals surface area contributed by atoms with Gasteiger partial charge in [0.05, 0.1) is 5.92 Å². The molecule has 1 amide bonds. The highest BCUT2D eigenvalue weighted by Gasteiger charge is 2.32. The van der Waals surface area contributed by atoms with E-state index in [0.29, 0.717) is 19.4 Å². The van der Waals surface area contributed by atoms with Gasteiger partial charge in [0.25, 0.3) is 0 Å². The zero-order valence-corrected chi connectivity index (χ0v) is 6.30. The Morgan fingerprint density at radius 2 is 2.36 bits per heavy atom. The fourth-order valence-corrected chi connectivity index (χ4v) is 0.992. The van der Waals surface area contributed by atoms with E-state index in [9.17, 15) is 9.59 Å². The maximum Gasteiger partial charge on any atom is 0.224 e. The van der Waals surface area contributed by atoms with Crippen LogP contribution in [0.5, 0.6) is 0 Å². The van der Waals surface area contributed by atoms with E-state index >= 15 is 0 Å². The van der Waals surface area contributed by atoms with Gasteiger partial charge in [-0.25, -0.2) is 0 Å². The molecular formula is C8H11NO2. The van der Waals surface area contributed by atoms with Crippen molar-refractivity contribution in [3.05, 3.63) is 12.7 Å². The summed E-state index contributed by atoms with van der Waals surface area (Å²) in [6.07, 6.45) is 2.46. The lowest BCUT2D eigenvalue weighted by molar-refractivity contribution is -0.137. The molecular weight excluding hydrogens is 142 g/mol. The van der Waals surface area contributed by atoms with Crippen molar-refractivity contribution in [1.29, 1.82) is 0 Å². The average Bonchev–Trinajstić information content (AvgIpc) is 1.94. The second-order valence-corrected chi connectivity index (χ2v) is 2.68. The van der Waals surface area contributed by atoms with Crippen molar-refractivity contribution in [3.8, 4) is 0 Å². The first-order valence-corrected chi connectivity index (χ1v) is 3.64. The molecule has 3 nitrogen and oxygen atoms in total. The number of hydrogen-bond donors (Lipinski definition) is 1. The van der Waals surface area contributed by atoms with E-state index in [2.05, 4.69) is 11.9 Å². The van der Waals surface area contributed by atoms with E-state index < -0.39 is 0 Å². The Bertz CT molecular complexity index is 190.